The van der Waals surface area contributed by atoms with Crippen LogP contribution in [0, 0.1) is 0 Å². The van der Waals surface area contributed by atoms with E-state index in [1.165, 1.54) is 17.4 Å². The van der Waals surface area contributed by atoms with E-state index in [1.54, 1.807) is 0 Å². The summed E-state index contributed by atoms with van der Waals surface area (Å²) >= 11 is 6.22. The molecular formula is C14H17N3OS2. The second kappa shape index (κ2) is 6.39. The van der Waals surface area contributed by atoms with Gasteiger partial charge in [-0.05, 0) is 37.6 Å². The van der Waals surface area contributed by atoms with Crippen LogP contribution in [0.4, 0.5) is 5.69 Å². The van der Waals surface area contributed by atoms with E-state index in [2.05, 4.69) is 30.9 Å². The minimum absolute atomic E-state index is 0.243. The van der Waals surface area contributed by atoms with Gasteiger partial charge in [0.15, 0.2) is 4.32 Å². The molecule has 1 saturated heterocycles. The lowest BCUT2D eigenvalue weighted by Gasteiger charge is -2.20. The molecule has 0 radical (unpaired) electrons. The zero-order chi connectivity index (χ0) is 14.7. The molecule has 20 heavy (non-hydrogen) atoms. The Morgan fingerprint density at radius 1 is 1.30 bits per heavy atom. The Kier molecular flexibility index (Phi) is 4.80. The Hall–Kier alpha value is -1.37. The standard InChI is InChI=1S/C14H17N3OS2/c1-3-16(4-2)11-7-5-10(6-8-11)9-12-13(18)17(15)14(19)20-12/h5-9H,3-4,15H2,1-2H3. The lowest BCUT2D eigenvalue weighted by atomic mass is 10.1. The smallest absolute Gasteiger partial charge is 0.280 e. The molecule has 106 valence electrons. The van der Waals surface area contributed by atoms with Crippen molar-refractivity contribution in [3.63, 3.8) is 0 Å². The number of anilines is 1. The minimum atomic E-state index is -0.243. The summed E-state index contributed by atoms with van der Waals surface area (Å²) in [5.41, 5.74) is 2.15. The monoisotopic (exact) mass is 307 g/mol. The van der Waals surface area contributed by atoms with Crippen LogP contribution in [0.25, 0.3) is 6.08 Å². The summed E-state index contributed by atoms with van der Waals surface area (Å²) in [6.45, 7) is 6.21. The highest BCUT2D eigenvalue weighted by atomic mass is 32.2. The molecular weight excluding hydrogens is 290 g/mol. The molecule has 0 spiro atoms. The summed E-state index contributed by atoms with van der Waals surface area (Å²) in [5, 5.41) is 1.01. The molecule has 1 aliphatic rings. The zero-order valence-corrected chi connectivity index (χ0v) is 13.1. The lowest BCUT2D eigenvalue weighted by molar-refractivity contribution is -0.122. The molecule has 1 heterocycles. The predicted molar refractivity (Wildman–Crippen MR) is 89.2 cm³/mol. The maximum absolute atomic E-state index is 11.8. The Morgan fingerprint density at radius 2 is 1.90 bits per heavy atom. The number of carbonyl (C=O) groups excluding carboxylic acids is 1. The van der Waals surface area contributed by atoms with Crippen LogP contribution in [0.1, 0.15) is 19.4 Å². The van der Waals surface area contributed by atoms with E-state index in [4.69, 9.17) is 18.1 Å². The molecule has 1 aromatic rings. The second-order valence-corrected chi connectivity index (χ2v) is 5.99. The number of benzene rings is 1. The third-order valence-corrected chi connectivity index (χ3v) is 4.47. The summed E-state index contributed by atoms with van der Waals surface area (Å²) in [5.74, 6) is 5.30. The number of hydrazine groups is 1. The molecule has 2 N–H and O–H groups in total. The highest BCUT2D eigenvalue weighted by molar-refractivity contribution is 8.26. The lowest BCUT2D eigenvalue weighted by Crippen LogP contribution is -2.34. The van der Waals surface area contributed by atoms with Crippen LogP contribution < -0.4 is 10.7 Å². The van der Waals surface area contributed by atoms with Gasteiger partial charge in [-0.25, -0.2) is 10.9 Å². The van der Waals surface area contributed by atoms with Crippen molar-refractivity contribution in [3.05, 3.63) is 34.7 Å². The highest BCUT2D eigenvalue weighted by Gasteiger charge is 2.29. The maximum Gasteiger partial charge on any atom is 0.280 e. The fourth-order valence-electron chi connectivity index (χ4n) is 2.00. The number of thioether (sulfide) groups is 1. The molecule has 6 heteroatoms. The average molecular weight is 307 g/mol. The van der Waals surface area contributed by atoms with Crippen molar-refractivity contribution < 1.29 is 4.79 Å². The average Bonchev–Trinajstić information content (AvgIpc) is 2.69. The fourth-order valence-corrected chi connectivity index (χ4v) is 3.10. The third kappa shape index (κ3) is 3.03. The molecule has 4 nitrogen and oxygen atoms in total. The topological polar surface area (TPSA) is 49.6 Å². The Balaban J connectivity index is 2.19. The number of carbonyl (C=O) groups is 1. The van der Waals surface area contributed by atoms with Gasteiger partial charge in [0.25, 0.3) is 5.91 Å². The van der Waals surface area contributed by atoms with Crippen LogP contribution in [0.15, 0.2) is 29.2 Å². The quantitative estimate of drug-likeness (QED) is 0.401. The van der Waals surface area contributed by atoms with Crippen molar-refractivity contribution in [2.24, 2.45) is 5.84 Å². The Labute approximate surface area is 128 Å². The third-order valence-electron chi connectivity index (χ3n) is 3.14. The largest absolute Gasteiger partial charge is 0.372 e. The number of amides is 1. The SMILES string of the molecule is CCN(CC)c1ccc(C=C2SC(=S)N(N)C2=O)cc1. The highest BCUT2D eigenvalue weighted by Crippen LogP contribution is 2.30. The van der Waals surface area contributed by atoms with Crippen molar-refractivity contribution in [2.45, 2.75) is 13.8 Å². The van der Waals surface area contributed by atoms with Crippen LogP contribution in [-0.4, -0.2) is 28.3 Å². The minimum Gasteiger partial charge on any atom is -0.372 e. The van der Waals surface area contributed by atoms with E-state index in [-0.39, 0.29) is 5.91 Å². The van der Waals surface area contributed by atoms with Crippen LogP contribution in [0.2, 0.25) is 0 Å². The van der Waals surface area contributed by atoms with Crippen LogP contribution >= 0.6 is 24.0 Å². The van der Waals surface area contributed by atoms with Crippen molar-refractivity contribution in [1.82, 2.24) is 5.01 Å². The van der Waals surface area contributed by atoms with E-state index < -0.39 is 0 Å². The van der Waals surface area contributed by atoms with E-state index in [0.29, 0.717) is 9.23 Å². The summed E-state index contributed by atoms with van der Waals surface area (Å²) in [6.07, 6.45) is 1.82. The van der Waals surface area contributed by atoms with Gasteiger partial charge in [-0.2, -0.15) is 0 Å². The van der Waals surface area contributed by atoms with Crippen molar-refractivity contribution in [3.8, 4) is 0 Å². The van der Waals surface area contributed by atoms with E-state index in [9.17, 15) is 4.79 Å². The molecule has 0 unspecified atom stereocenters. The molecule has 1 aliphatic heterocycles. The molecule has 0 aliphatic carbocycles. The maximum atomic E-state index is 11.8. The molecule has 2 rings (SSSR count). The summed E-state index contributed by atoms with van der Waals surface area (Å²) in [4.78, 5) is 14.6. The van der Waals surface area contributed by atoms with Crippen molar-refractivity contribution in [1.29, 1.82) is 0 Å². The first-order chi connectivity index (χ1) is 9.56. The number of rotatable bonds is 4. The van der Waals surface area contributed by atoms with Gasteiger partial charge >= 0.3 is 0 Å². The first kappa shape index (κ1) is 15.0. The second-order valence-electron chi connectivity index (χ2n) is 4.32. The molecule has 0 atom stereocenters. The molecule has 0 bridgehead atoms. The number of thiocarbonyl (C=S) groups is 1. The molecule has 0 saturated carbocycles. The summed E-state index contributed by atoms with van der Waals surface area (Å²) in [6, 6.07) is 8.11. The van der Waals surface area contributed by atoms with Crippen molar-refractivity contribution in [2.75, 3.05) is 18.0 Å². The Bertz CT molecular complexity index is 550. The first-order valence-electron chi connectivity index (χ1n) is 6.44. The summed E-state index contributed by atoms with van der Waals surface area (Å²) in [7, 11) is 0. The van der Waals surface area contributed by atoms with Crippen LogP contribution in [-0.2, 0) is 4.79 Å². The van der Waals surface area contributed by atoms with E-state index in [0.717, 1.165) is 23.7 Å². The molecule has 1 amide bonds. The normalized spacial score (nSPS) is 17.1. The summed E-state index contributed by atoms with van der Waals surface area (Å²) < 4.78 is 0.390. The van der Waals surface area contributed by atoms with Crippen molar-refractivity contribution >= 4 is 46.0 Å². The first-order valence-corrected chi connectivity index (χ1v) is 7.67. The van der Waals surface area contributed by atoms with Crippen LogP contribution in [0.3, 0.4) is 0 Å². The number of hydrogen-bond acceptors (Lipinski definition) is 5. The molecule has 0 aromatic heterocycles. The van der Waals surface area contributed by atoms with Gasteiger partial charge in [0, 0.05) is 18.8 Å². The number of hydrogen-bond donors (Lipinski definition) is 1. The van der Waals surface area contributed by atoms with Gasteiger partial charge in [0.05, 0.1) is 4.91 Å². The van der Waals surface area contributed by atoms with Crippen LogP contribution in [0.5, 0.6) is 0 Å². The van der Waals surface area contributed by atoms with Gasteiger partial charge in [0.1, 0.15) is 0 Å². The molecule has 1 aromatic carbocycles. The fraction of sp³-hybridized carbons (Fsp3) is 0.286. The van der Waals surface area contributed by atoms with Gasteiger partial charge < -0.3 is 4.90 Å². The van der Waals surface area contributed by atoms with E-state index in [1.807, 2.05) is 18.2 Å². The number of nitrogens with two attached hydrogens (primary N) is 1. The number of nitrogens with zero attached hydrogens (tertiary/aromatic N) is 2. The van der Waals surface area contributed by atoms with Gasteiger partial charge in [-0.3, -0.25) is 4.79 Å². The van der Waals surface area contributed by atoms with Gasteiger partial charge in [-0.15, -0.1) is 0 Å². The van der Waals surface area contributed by atoms with Gasteiger partial charge in [-0.1, -0.05) is 36.1 Å². The van der Waals surface area contributed by atoms with E-state index >= 15 is 0 Å². The Morgan fingerprint density at radius 3 is 2.35 bits per heavy atom. The van der Waals surface area contributed by atoms with Gasteiger partial charge in [0.2, 0.25) is 0 Å². The molecule has 1 fully saturated rings. The zero-order valence-electron chi connectivity index (χ0n) is 11.5. The predicted octanol–water partition coefficient (Wildman–Crippen LogP) is 2.61.